The molecule has 3 N–H and O–H groups in total. The Bertz CT molecular complexity index is 1040. The average molecular weight is 479 g/mol. The van der Waals surface area contributed by atoms with Gasteiger partial charge in [0.05, 0.1) is 0 Å². The number of fused-ring (bicyclic) bond motifs is 3. The van der Waals surface area contributed by atoms with Crippen molar-refractivity contribution < 1.29 is 24.2 Å². The van der Waals surface area contributed by atoms with Gasteiger partial charge in [0, 0.05) is 18.4 Å². The lowest BCUT2D eigenvalue weighted by Crippen LogP contribution is -2.46. The summed E-state index contributed by atoms with van der Waals surface area (Å²) in [5.74, 6) is -1.04. The molecule has 0 heterocycles. The molecule has 186 valence electrons. The molecule has 7 nitrogen and oxygen atoms in total. The molecule has 0 radical (unpaired) electrons. The number of carboxylic acid groups (broad SMARTS) is 1. The van der Waals surface area contributed by atoms with Crippen molar-refractivity contribution in [2.45, 2.75) is 64.0 Å². The predicted octanol–water partition coefficient (Wildman–Crippen LogP) is 4.70. The molecular formula is C28H34N2O5. The van der Waals surface area contributed by atoms with Gasteiger partial charge in [-0.1, -0.05) is 68.8 Å². The first-order valence-electron chi connectivity index (χ1n) is 12.5. The number of aliphatic carboxylic acids is 1. The van der Waals surface area contributed by atoms with Crippen LogP contribution in [0.5, 0.6) is 0 Å². The SMILES string of the molecule is CCC(C)CC(NC(=O)CC(NC(=O)OCC1c2ccccc2-c2ccccc21)C1CC1)C(=O)O. The summed E-state index contributed by atoms with van der Waals surface area (Å²) in [7, 11) is 0. The third-order valence-electron chi connectivity index (χ3n) is 7.21. The number of ether oxygens (including phenoxy) is 1. The van der Waals surface area contributed by atoms with Gasteiger partial charge in [0.15, 0.2) is 0 Å². The van der Waals surface area contributed by atoms with Gasteiger partial charge in [0.25, 0.3) is 0 Å². The molecule has 3 unspecified atom stereocenters. The van der Waals surface area contributed by atoms with Crippen molar-refractivity contribution in [1.29, 1.82) is 0 Å². The number of hydrogen-bond donors (Lipinski definition) is 3. The van der Waals surface area contributed by atoms with Crippen molar-refractivity contribution in [3.8, 4) is 11.1 Å². The number of nitrogens with one attached hydrogen (secondary N) is 2. The number of carboxylic acids is 1. The highest BCUT2D eigenvalue weighted by Gasteiger charge is 2.35. The van der Waals surface area contributed by atoms with Gasteiger partial charge in [0.1, 0.15) is 12.6 Å². The zero-order valence-corrected chi connectivity index (χ0v) is 20.3. The quantitative estimate of drug-likeness (QED) is 0.434. The minimum atomic E-state index is -1.04. The van der Waals surface area contributed by atoms with Crippen LogP contribution in [0.2, 0.25) is 0 Å². The summed E-state index contributed by atoms with van der Waals surface area (Å²) >= 11 is 0. The van der Waals surface area contributed by atoms with Gasteiger partial charge >= 0.3 is 12.1 Å². The highest BCUT2D eigenvalue weighted by molar-refractivity contribution is 5.84. The molecular weight excluding hydrogens is 444 g/mol. The molecule has 2 amide bonds. The molecule has 3 atom stereocenters. The summed E-state index contributed by atoms with van der Waals surface area (Å²) in [4.78, 5) is 36.9. The summed E-state index contributed by atoms with van der Waals surface area (Å²) in [5, 5.41) is 15.0. The van der Waals surface area contributed by atoms with Crippen molar-refractivity contribution in [2.24, 2.45) is 11.8 Å². The van der Waals surface area contributed by atoms with Crippen molar-refractivity contribution in [3.63, 3.8) is 0 Å². The lowest BCUT2D eigenvalue weighted by Gasteiger charge is -2.22. The normalized spacial score (nSPS) is 17.0. The van der Waals surface area contributed by atoms with E-state index in [0.29, 0.717) is 6.42 Å². The van der Waals surface area contributed by atoms with Gasteiger partial charge < -0.3 is 20.5 Å². The minimum Gasteiger partial charge on any atom is -0.480 e. The highest BCUT2D eigenvalue weighted by atomic mass is 16.5. The Morgan fingerprint density at radius 2 is 1.60 bits per heavy atom. The van der Waals surface area contributed by atoms with E-state index in [1.165, 1.54) is 0 Å². The van der Waals surface area contributed by atoms with Gasteiger partial charge in [0.2, 0.25) is 5.91 Å². The molecule has 2 aliphatic carbocycles. The second-order valence-electron chi connectivity index (χ2n) is 9.83. The lowest BCUT2D eigenvalue weighted by molar-refractivity contribution is -0.142. The van der Waals surface area contributed by atoms with Crippen molar-refractivity contribution in [1.82, 2.24) is 10.6 Å². The van der Waals surface area contributed by atoms with E-state index in [0.717, 1.165) is 41.5 Å². The maximum Gasteiger partial charge on any atom is 0.407 e. The maximum atomic E-state index is 12.7. The number of carbonyl (C=O) groups excluding carboxylic acids is 2. The summed E-state index contributed by atoms with van der Waals surface area (Å²) < 4.78 is 5.64. The average Bonchev–Trinajstić information content (AvgIpc) is 3.65. The first kappa shape index (κ1) is 24.8. The molecule has 0 aromatic heterocycles. The molecule has 0 bridgehead atoms. The van der Waals surface area contributed by atoms with Gasteiger partial charge in [-0.3, -0.25) is 4.79 Å². The molecule has 2 aromatic carbocycles. The van der Waals surface area contributed by atoms with Crippen LogP contribution < -0.4 is 10.6 Å². The van der Waals surface area contributed by atoms with Crippen LogP contribution in [0.1, 0.15) is 63.0 Å². The molecule has 2 aliphatic rings. The number of amides is 2. The summed E-state index contributed by atoms with van der Waals surface area (Å²) in [6, 6.07) is 15.0. The Morgan fingerprint density at radius 1 is 1.00 bits per heavy atom. The smallest absolute Gasteiger partial charge is 0.407 e. The molecule has 35 heavy (non-hydrogen) atoms. The fourth-order valence-corrected chi connectivity index (χ4v) is 4.87. The number of carbonyl (C=O) groups is 3. The fourth-order valence-electron chi connectivity index (χ4n) is 4.87. The number of benzene rings is 2. The van der Waals surface area contributed by atoms with Crippen LogP contribution in [0, 0.1) is 11.8 Å². The van der Waals surface area contributed by atoms with Crippen molar-refractivity contribution in [2.75, 3.05) is 6.61 Å². The van der Waals surface area contributed by atoms with E-state index in [4.69, 9.17) is 4.74 Å². The summed E-state index contributed by atoms with van der Waals surface area (Å²) in [6.07, 6.45) is 2.57. The van der Waals surface area contributed by atoms with Crippen LogP contribution in [-0.2, 0) is 14.3 Å². The van der Waals surface area contributed by atoms with Gasteiger partial charge in [-0.25, -0.2) is 9.59 Å². The monoisotopic (exact) mass is 478 g/mol. The molecule has 4 rings (SSSR count). The van der Waals surface area contributed by atoms with Crippen molar-refractivity contribution >= 4 is 18.0 Å². The fraction of sp³-hybridized carbons (Fsp3) is 0.464. The van der Waals surface area contributed by atoms with Gasteiger partial charge in [-0.15, -0.1) is 0 Å². The predicted molar refractivity (Wildman–Crippen MR) is 133 cm³/mol. The Labute approximate surface area is 206 Å². The number of alkyl carbamates (subject to hydrolysis) is 1. The highest BCUT2D eigenvalue weighted by Crippen LogP contribution is 2.44. The van der Waals surface area contributed by atoms with Crippen LogP contribution >= 0.6 is 0 Å². The Balaban J connectivity index is 1.34. The Morgan fingerprint density at radius 3 is 2.14 bits per heavy atom. The standard InChI is InChI=1S/C28H34N2O5/c1-3-17(2)14-25(27(32)33)29-26(31)15-24(18-12-13-18)30-28(34)35-16-23-21-10-6-4-8-19(21)20-9-5-7-11-22(20)23/h4-11,17-18,23-25H,3,12-16H2,1-2H3,(H,29,31)(H,30,34)(H,32,33). The van der Waals surface area contributed by atoms with E-state index < -0.39 is 18.1 Å². The van der Waals surface area contributed by atoms with E-state index in [1.807, 2.05) is 38.1 Å². The van der Waals surface area contributed by atoms with Crippen LogP contribution in [0.3, 0.4) is 0 Å². The number of rotatable bonds is 11. The Kier molecular flexibility index (Phi) is 7.73. The summed E-state index contributed by atoms with van der Waals surface area (Å²) in [6.45, 7) is 4.17. The first-order chi connectivity index (χ1) is 16.9. The third kappa shape index (κ3) is 6.02. The molecule has 7 heteroatoms. The van der Waals surface area contributed by atoms with Gasteiger partial charge in [-0.2, -0.15) is 0 Å². The van der Waals surface area contributed by atoms with E-state index in [2.05, 4.69) is 34.9 Å². The largest absolute Gasteiger partial charge is 0.480 e. The summed E-state index contributed by atoms with van der Waals surface area (Å²) in [5.41, 5.74) is 4.60. The van der Waals surface area contributed by atoms with E-state index in [9.17, 15) is 19.5 Å². The topological polar surface area (TPSA) is 105 Å². The lowest BCUT2D eigenvalue weighted by atomic mass is 9.98. The molecule has 1 saturated carbocycles. The van der Waals surface area contributed by atoms with Gasteiger partial charge in [-0.05, 0) is 53.4 Å². The van der Waals surface area contributed by atoms with E-state index in [-0.39, 0.29) is 42.7 Å². The molecule has 0 aliphatic heterocycles. The zero-order chi connectivity index (χ0) is 24.9. The second-order valence-corrected chi connectivity index (χ2v) is 9.83. The van der Waals surface area contributed by atoms with E-state index >= 15 is 0 Å². The van der Waals surface area contributed by atoms with Crippen LogP contribution in [0.25, 0.3) is 11.1 Å². The van der Waals surface area contributed by atoms with E-state index in [1.54, 1.807) is 0 Å². The molecule has 2 aromatic rings. The zero-order valence-electron chi connectivity index (χ0n) is 20.3. The maximum absolute atomic E-state index is 12.7. The van der Waals surface area contributed by atoms with Crippen LogP contribution in [0.15, 0.2) is 48.5 Å². The Hall–Kier alpha value is -3.35. The first-order valence-corrected chi connectivity index (χ1v) is 12.5. The van der Waals surface area contributed by atoms with Crippen LogP contribution in [0.4, 0.5) is 4.79 Å². The van der Waals surface area contributed by atoms with Crippen LogP contribution in [-0.4, -0.2) is 41.8 Å². The van der Waals surface area contributed by atoms with Crippen molar-refractivity contribution in [3.05, 3.63) is 59.7 Å². The number of hydrogen-bond acceptors (Lipinski definition) is 4. The molecule has 0 saturated heterocycles. The molecule has 0 spiro atoms. The minimum absolute atomic E-state index is 0.0345. The third-order valence-corrected chi connectivity index (χ3v) is 7.21. The second kappa shape index (κ2) is 10.9. The molecule has 1 fully saturated rings.